The molecule has 0 atom stereocenters. The number of benzene rings is 1. The molecule has 0 saturated carbocycles. The fourth-order valence-corrected chi connectivity index (χ4v) is 3.26. The van der Waals surface area contributed by atoms with Crippen molar-refractivity contribution in [3.63, 3.8) is 0 Å². The smallest absolute Gasteiger partial charge is 0.306 e. The Labute approximate surface area is 132 Å². The van der Waals surface area contributed by atoms with E-state index in [2.05, 4.69) is 11.0 Å². The molecule has 1 heterocycles. The predicted octanol–water partition coefficient (Wildman–Crippen LogP) is 2.90. The van der Waals surface area contributed by atoms with Crippen molar-refractivity contribution in [2.24, 2.45) is 5.92 Å². The van der Waals surface area contributed by atoms with Crippen molar-refractivity contribution in [2.45, 2.75) is 40.5 Å². The monoisotopic (exact) mass is 303 g/mol. The number of carbonyl (C=O) groups excluding carboxylic acids is 1. The summed E-state index contributed by atoms with van der Waals surface area (Å²) in [6.45, 7) is 9.85. The van der Waals surface area contributed by atoms with Crippen LogP contribution in [-0.2, 0) is 4.79 Å². The zero-order valence-electron chi connectivity index (χ0n) is 13.9. The Kier molecular flexibility index (Phi) is 5.01. The van der Waals surface area contributed by atoms with Gasteiger partial charge < -0.3 is 5.11 Å². The van der Waals surface area contributed by atoms with Crippen LogP contribution in [0.3, 0.4) is 0 Å². The molecule has 0 bridgehead atoms. The lowest BCUT2D eigenvalue weighted by molar-refractivity contribution is -0.143. The minimum absolute atomic E-state index is 0.149. The quantitative estimate of drug-likeness (QED) is 0.869. The molecule has 4 heteroatoms. The first-order chi connectivity index (χ1) is 10.3. The molecule has 1 saturated heterocycles. The van der Waals surface area contributed by atoms with E-state index >= 15 is 0 Å². The number of hydrogen-bond acceptors (Lipinski definition) is 3. The number of piperidine rings is 1. The maximum Gasteiger partial charge on any atom is 0.306 e. The predicted molar refractivity (Wildman–Crippen MR) is 86.5 cm³/mol. The first kappa shape index (κ1) is 16.7. The molecule has 2 rings (SSSR count). The molecule has 1 aromatic carbocycles. The molecule has 1 aliphatic rings. The number of aryl methyl sites for hydroxylation is 2. The molecule has 1 N–H and O–H groups in total. The number of carbonyl (C=O) groups is 2. The lowest BCUT2D eigenvalue weighted by atomic mass is 9.91. The standard InChI is InChI=1S/C18H25NO3/c1-11-9-12(2)14(4)17(13(11)3)16(20)10-19-7-5-15(6-8-19)18(21)22/h9,15H,5-8,10H2,1-4H3,(H,21,22). The van der Waals surface area contributed by atoms with Crippen LogP contribution in [0.5, 0.6) is 0 Å². The first-order valence-corrected chi connectivity index (χ1v) is 7.87. The molecule has 0 spiro atoms. The summed E-state index contributed by atoms with van der Waals surface area (Å²) in [5, 5.41) is 9.03. The van der Waals surface area contributed by atoms with E-state index in [0.29, 0.717) is 32.5 Å². The Morgan fingerprint density at radius 1 is 1.09 bits per heavy atom. The van der Waals surface area contributed by atoms with Gasteiger partial charge >= 0.3 is 5.97 Å². The van der Waals surface area contributed by atoms with E-state index in [9.17, 15) is 9.59 Å². The SMILES string of the molecule is Cc1cc(C)c(C)c(C(=O)CN2CCC(C(=O)O)CC2)c1C. The fraction of sp³-hybridized carbons (Fsp3) is 0.556. The number of carboxylic acids is 1. The third-order valence-electron chi connectivity index (χ3n) is 4.95. The molecular formula is C18H25NO3. The number of hydrogen-bond donors (Lipinski definition) is 1. The highest BCUT2D eigenvalue weighted by Crippen LogP contribution is 2.23. The summed E-state index contributed by atoms with van der Waals surface area (Å²) in [5.74, 6) is -0.821. The van der Waals surface area contributed by atoms with Crippen LogP contribution in [0, 0.1) is 33.6 Å². The molecule has 0 radical (unpaired) electrons. The second-order valence-corrected chi connectivity index (χ2v) is 6.45. The fourth-order valence-electron chi connectivity index (χ4n) is 3.26. The highest BCUT2D eigenvalue weighted by molar-refractivity contribution is 6.00. The van der Waals surface area contributed by atoms with Crippen molar-refractivity contribution in [1.29, 1.82) is 0 Å². The lowest BCUT2D eigenvalue weighted by Crippen LogP contribution is -2.39. The van der Waals surface area contributed by atoms with Gasteiger partial charge in [-0.2, -0.15) is 0 Å². The van der Waals surface area contributed by atoms with Gasteiger partial charge in [-0.25, -0.2) is 0 Å². The van der Waals surface area contributed by atoms with Crippen molar-refractivity contribution < 1.29 is 14.7 Å². The summed E-state index contributed by atoms with van der Waals surface area (Å²) >= 11 is 0. The van der Waals surface area contributed by atoms with E-state index in [-0.39, 0.29) is 11.7 Å². The first-order valence-electron chi connectivity index (χ1n) is 7.87. The molecule has 1 aliphatic heterocycles. The number of carboxylic acid groups (broad SMARTS) is 1. The molecule has 1 aromatic rings. The van der Waals surface area contributed by atoms with E-state index in [4.69, 9.17) is 5.11 Å². The Hall–Kier alpha value is -1.68. The zero-order valence-corrected chi connectivity index (χ0v) is 13.9. The van der Waals surface area contributed by atoms with E-state index in [0.717, 1.165) is 27.8 Å². The van der Waals surface area contributed by atoms with Crippen molar-refractivity contribution in [1.82, 2.24) is 4.90 Å². The van der Waals surface area contributed by atoms with Gasteiger partial charge in [0.25, 0.3) is 0 Å². The summed E-state index contributed by atoms with van der Waals surface area (Å²) in [6.07, 6.45) is 1.26. The maximum absolute atomic E-state index is 12.7. The van der Waals surface area contributed by atoms with Crippen LogP contribution in [0.25, 0.3) is 0 Å². The van der Waals surface area contributed by atoms with Crippen LogP contribution in [0.4, 0.5) is 0 Å². The number of Topliss-reactive ketones (excluding diaryl/α,β-unsaturated/α-hetero) is 1. The van der Waals surface area contributed by atoms with Crippen LogP contribution in [0.2, 0.25) is 0 Å². The van der Waals surface area contributed by atoms with Gasteiger partial charge in [0.15, 0.2) is 5.78 Å². The Morgan fingerprint density at radius 2 is 1.59 bits per heavy atom. The maximum atomic E-state index is 12.7. The summed E-state index contributed by atoms with van der Waals surface area (Å²) in [4.78, 5) is 25.8. The molecule has 4 nitrogen and oxygen atoms in total. The molecule has 1 fully saturated rings. The molecule has 0 unspecified atom stereocenters. The third kappa shape index (κ3) is 3.38. The van der Waals surface area contributed by atoms with Crippen LogP contribution in [0.15, 0.2) is 6.07 Å². The molecule has 0 aromatic heterocycles. The highest BCUT2D eigenvalue weighted by atomic mass is 16.4. The van der Waals surface area contributed by atoms with Crippen LogP contribution in [0.1, 0.15) is 45.5 Å². The van der Waals surface area contributed by atoms with Crippen LogP contribution >= 0.6 is 0 Å². The number of rotatable bonds is 4. The van der Waals surface area contributed by atoms with E-state index in [1.807, 2.05) is 27.7 Å². The number of nitrogens with zero attached hydrogens (tertiary/aromatic N) is 1. The summed E-state index contributed by atoms with van der Waals surface area (Å²) in [7, 11) is 0. The molecule has 0 amide bonds. The van der Waals surface area contributed by atoms with Crippen LogP contribution in [-0.4, -0.2) is 41.4 Å². The molecule has 0 aliphatic carbocycles. The second-order valence-electron chi connectivity index (χ2n) is 6.45. The topological polar surface area (TPSA) is 57.6 Å². The Balaban J connectivity index is 2.10. The molecule has 120 valence electrons. The van der Waals surface area contributed by atoms with Crippen molar-refractivity contribution in [3.8, 4) is 0 Å². The van der Waals surface area contributed by atoms with Crippen LogP contribution < -0.4 is 0 Å². The van der Waals surface area contributed by atoms with Gasteiger partial charge in [0.1, 0.15) is 0 Å². The third-order valence-corrected chi connectivity index (χ3v) is 4.95. The summed E-state index contributed by atoms with van der Waals surface area (Å²) in [6, 6.07) is 2.12. The van der Waals surface area contributed by atoms with E-state index < -0.39 is 5.97 Å². The normalized spacial score (nSPS) is 16.7. The highest BCUT2D eigenvalue weighted by Gasteiger charge is 2.26. The van der Waals surface area contributed by atoms with Gasteiger partial charge in [-0.1, -0.05) is 6.07 Å². The van der Waals surface area contributed by atoms with Crippen molar-refractivity contribution >= 4 is 11.8 Å². The number of likely N-dealkylation sites (tertiary alicyclic amines) is 1. The molecule has 22 heavy (non-hydrogen) atoms. The minimum atomic E-state index is -0.716. The second kappa shape index (κ2) is 6.61. The zero-order chi connectivity index (χ0) is 16.4. The average molecular weight is 303 g/mol. The largest absolute Gasteiger partial charge is 0.481 e. The summed E-state index contributed by atoms with van der Waals surface area (Å²) < 4.78 is 0. The average Bonchev–Trinajstić information content (AvgIpc) is 2.46. The summed E-state index contributed by atoms with van der Waals surface area (Å²) in [5.41, 5.74) is 5.27. The Bertz CT molecular complexity index is 573. The Morgan fingerprint density at radius 3 is 2.05 bits per heavy atom. The van der Waals surface area contributed by atoms with Gasteiger partial charge in [0, 0.05) is 5.56 Å². The van der Waals surface area contributed by atoms with Crippen molar-refractivity contribution in [2.75, 3.05) is 19.6 Å². The van der Waals surface area contributed by atoms with Gasteiger partial charge in [-0.15, -0.1) is 0 Å². The molecular weight excluding hydrogens is 278 g/mol. The number of aliphatic carboxylic acids is 1. The van der Waals surface area contributed by atoms with E-state index in [1.54, 1.807) is 0 Å². The van der Waals surface area contributed by atoms with Gasteiger partial charge in [-0.05, 0) is 75.9 Å². The van der Waals surface area contributed by atoms with Crippen molar-refractivity contribution in [3.05, 3.63) is 33.9 Å². The van der Waals surface area contributed by atoms with Gasteiger partial charge in [-0.3, -0.25) is 14.5 Å². The lowest BCUT2D eigenvalue weighted by Gasteiger charge is -2.29. The van der Waals surface area contributed by atoms with E-state index in [1.165, 1.54) is 0 Å². The van der Waals surface area contributed by atoms with Gasteiger partial charge in [0.2, 0.25) is 0 Å². The number of ketones is 1. The minimum Gasteiger partial charge on any atom is -0.481 e. The van der Waals surface area contributed by atoms with Gasteiger partial charge in [0.05, 0.1) is 12.5 Å².